The summed E-state index contributed by atoms with van der Waals surface area (Å²) in [4.78, 5) is 167. The van der Waals surface area contributed by atoms with Gasteiger partial charge in [-0.15, -0.1) is 0 Å². The lowest BCUT2D eigenvalue weighted by atomic mass is 10.0. The second kappa shape index (κ2) is 53.3. The van der Waals surface area contributed by atoms with Crippen LogP contribution in [0.3, 0.4) is 0 Å². The third-order valence-electron chi connectivity index (χ3n) is 20.6. The summed E-state index contributed by atoms with van der Waals surface area (Å²) in [7, 11) is 10.9. The van der Waals surface area contributed by atoms with Crippen molar-refractivity contribution in [3.05, 3.63) is 239 Å². The normalized spacial score (nSPS) is 12.0. The molecular formula is C98H134N16O18Si2. The van der Waals surface area contributed by atoms with E-state index in [-0.39, 0.29) is 96.8 Å². The second-order valence-electron chi connectivity index (χ2n) is 35.9. The Hall–Kier alpha value is -13.5. The molecule has 0 radical (unpaired) electrons. The Labute approximate surface area is 785 Å². The highest BCUT2D eigenvalue weighted by molar-refractivity contribution is 6.76. The lowest BCUT2D eigenvalue weighted by molar-refractivity contribution is -0.139. The number of ketones is 2. The summed E-state index contributed by atoms with van der Waals surface area (Å²) in [5.74, 6) is -2.35. The molecule has 0 aliphatic heterocycles. The molecule has 6 amide bonds. The van der Waals surface area contributed by atoms with Gasteiger partial charge in [0.15, 0.2) is 11.6 Å². The zero-order valence-electron chi connectivity index (χ0n) is 81.2. The number of nitrogens with two attached hydrogens (primary N) is 1. The number of alkyl carbamates (subject to hydrolysis) is 3. The van der Waals surface area contributed by atoms with Gasteiger partial charge in [0.25, 0.3) is 16.7 Å². The molecule has 0 fully saturated rings. The highest BCUT2D eigenvalue weighted by Crippen LogP contribution is 2.28. The van der Waals surface area contributed by atoms with E-state index in [0.29, 0.717) is 57.0 Å². The molecule has 0 aromatic carbocycles. The van der Waals surface area contributed by atoms with Gasteiger partial charge in [0.1, 0.15) is 19.5 Å². The Kier molecular flexibility index (Phi) is 43.5. The Bertz CT molecular complexity index is 5940. The fourth-order valence-corrected chi connectivity index (χ4v) is 14.9. The number of rotatable bonds is 41. The lowest BCUT2D eigenvalue weighted by Crippen LogP contribution is -2.42. The number of fused-ring (bicyclic) bond motifs is 3. The van der Waals surface area contributed by atoms with Gasteiger partial charge in [0.05, 0.1) is 91.8 Å². The van der Waals surface area contributed by atoms with E-state index in [0.717, 1.165) is 104 Å². The molecule has 0 saturated heterocycles. The molecule has 9 aromatic rings. The molecular weight excluding hydrogens is 1750 g/mol. The van der Waals surface area contributed by atoms with Crippen LogP contribution in [0.15, 0.2) is 178 Å². The van der Waals surface area contributed by atoms with Gasteiger partial charge in [-0.05, 0) is 171 Å². The minimum atomic E-state index is -1.28. The summed E-state index contributed by atoms with van der Waals surface area (Å²) >= 11 is 0. The first-order valence-corrected chi connectivity index (χ1v) is 51.5. The van der Waals surface area contributed by atoms with Crippen molar-refractivity contribution in [1.29, 1.82) is 0 Å². The second-order valence-corrected chi connectivity index (χ2v) is 47.1. The minimum Gasteiger partial charge on any atom is -0.480 e. The largest absolute Gasteiger partial charge is 0.480 e. The molecule has 7 N–H and O–H groups in total. The highest BCUT2D eigenvalue weighted by Gasteiger charge is 2.27. The van der Waals surface area contributed by atoms with Crippen LogP contribution in [-0.4, -0.2) is 227 Å². The number of ether oxygens (including phenoxy) is 5. The van der Waals surface area contributed by atoms with Gasteiger partial charge in [-0.2, -0.15) is 0 Å². The number of carboxylic acid groups (broad SMARTS) is 1. The molecule has 9 rings (SSSR count). The Balaban J connectivity index is 0.000000288. The highest BCUT2D eigenvalue weighted by atomic mass is 28.3. The average molecular weight is 1880 g/mol. The number of H-pyrrole nitrogens is 1. The van der Waals surface area contributed by atoms with Gasteiger partial charge >= 0.3 is 24.2 Å². The number of amides is 6. The molecule has 0 unspecified atom stereocenters. The molecule has 34 nitrogen and oxygen atoms in total. The van der Waals surface area contributed by atoms with Crippen LogP contribution < -0.4 is 38.4 Å². The molecule has 9 heterocycles. The van der Waals surface area contributed by atoms with Crippen molar-refractivity contribution in [2.75, 3.05) is 82.6 Å². The summed E-state index contributed by atoms with van der Waals surface area (Å²) in [5.41, 5.74) is 20.6. The van der Waals surface area contributed by atoms with E-state index in [9.17, 15) is 57.5 Å². The number of carbonyl (C=O) groups is 9. The van der Waals surface area contributed by atoms with E-state index in [1.807, 2.05) is 70.3 Å². The van der Waals surface area contributed by atoms with Crippen molar-refractivity contribution >= 4 is 127 Å². The van der Waals surface area contributed by atoms with Crippen LogP contribution in [0.5, 0.6) is 0 Å². The van der Waals surface area contributed by atoms with Crippen LogP contribution in [-0.2, 0) is 98.4 Å². The minimum absolute atomic E-state index is 0.159. The van der Waals surface area contributed by atoms with Crippen LogP contribution in [0, 0.1) is 0 Å². The number of methoxy groups -OCH3 is 3. The Morgan fingerprint density at radius 3 is 1.20 bits per heavy atom. The maximum Gasteiger partial charge on any atom is 0.407 e. The zero-order valence-corrected chi connectivity index (χ0v) is 83.2. The predicted molar refractivity (Wildman–Crippen MR) is 530 cm³/mol. The number of nitrogen functional groups attached to an aromatic ring is 1. The monoisotopic (exact) mass is 1880 g/mol. The van der Waals surface area contributed by atoms with Gasteiger partial charge < -0.3 is 93.0 Å². The molecule has 0 bridgehead atoms. The van der Waals surface area contributed by atoms with Crippen LogP contribution in [0.25, 0.3) is 51.3 Å². The van der Waals surface area contributed by atoms with Crippen LogP contribution in [0.4, 0.5) is 20.1 Å². The topological polar surface area (TPSA) is 422 Å². The molecule has 3 atom stereocenters. The van der Waals surface area contributed by atoms with Gasteiger partial charge in [0, 0.05) is 167 Å². The summed E-state index contributed by atoms with van der Waals surface area (Å²) in [6.45, 7) is 29.3. The van der Waals surface area contributed by atoms with Crippen LogP contribution in [0.2, 0.25) is 51.4 Å². The van der Waals surface area contributed by atoms with E-state index >= 15 is 0 Å². The molecule has 0 aliphatic rings. The maximum absolute atomic E-state index is 13.7. The first-order chi connectivity index (χ1) is 63.3. The standard InChI is InChI=1S/C35H49N5O6Si.C29H35N5O5.C23H32N4O2Si.C11H18N2O5/c1-25(2)20-26-15-16-36-30-22-28(40(33(26)30)24-46-18-19-47(6,7)8)23-39-17-11-12-27(34(39)43)21-31(41)29(37-35(44)45-5)13-9-10-14-32(42)38(3)4;1-19(2)15-20-12-13-30-24-17-22(31-27(20)24)18-34-14-8-9-21(28(34)37)16-25(35)23(32-29(38)39-5)10-6-7-11-26(36)33(3)4;1-17(2)13-18-8-9-25-21-14-19(15-26-10-6-7-20(24)23(26)28)27(22(18)21)16-29-11-12-30(3,4)5;1-13(2)9(14)7-5-4-6-8(10(15)16)12-11(17)18-3/h10-12,14-17,20,22,29H,9,13,18-19,21,23-24H2,1-8H3,(H,37,44);7-9,11-15,17,23,31H,6,10,16,18H2,1-5H3,(H,32,38);6-10,13-14H,11-12,15-16,24H2,1-5H3;5,7-8H,4,6H2,1-3H3,(H,12,17)(H,15,16)/b14-10+;11-7+;;7-5+/t29-;23-;;8-/m00.0/s1. The van der Waals surface area contributed by atoms with Gasteiger partial charge in [0.2, 0.25) is 17.7 Å². The number of nitrogens with zero attached hydrogens (tertiary/aromatic N) is 11. The SMILES string of the molecule is CC(C)=Cc1ccnc2cc(Cn3cccc(N)c3=O)n(COCC[Si](C)(C)C)c12.COC(=O)N[C@@H](CC/C=C/C(=O)N(C)C)C(=O)Cc1cccn(Cc2cc3nccc(C=C(C)C)c3[nH]2)c1=O.COC(=O)N[C@@H](CC/C=C/C(=O)N(C)C)C(=O)Cc1cccn(Cc2cc3nccc(C=C(C)C)c3n2COCC[Si](C)(C)C)c1=O.COC(=O)N[C@@H](CC/C=C/C(=O)N(C)C)C(=O)O. The molecule has 722 valence electrons. The molecule has 9 aromatic heterocycles. The quantitative estimate of drug-likeness (QED) is 0.00897. The van der Waals surface area contributed by atoms with Crippen molar-refractivity contribution in [2.45, 2.75) is 196 Å². The van der Waals surface area contributed by atoms with Crippen molar-refractivity contribution < 1.29 is 71.9 Å². The van der Waals surface area contributed by atoms with E-state index in [4.69, 9.17) is 25.1 Å². The van der Waals surface area contributed by atoms with Crippen LogP contribution in [0.1, 0.15) is 125 Å². The average Bonchev–Trinajstić information content (AvgIpc) is 1.63. The summed E-state index contributed by atoms with van der Waals surface area (Å²) in [6, 6.07) is 21.3. The van der Waals surface area contributed by atoms with Crippen LogP contribution >= 0.6 is 0 Å². The molecule has 134 heavy (non-hydrogen) atoms. The first-order valence-electron chi connectivity index (χ1n) is 44.1. The van der Waals surface area contributed by atoms with E-state index in [2.05, 4.69) is 126 Å². The smallest absolute Gasteiger partial charge is 0.407 e. The lowest BCUT2D eigenvalue weighted by Gasteiger charge is -2.18. The number of hydrogen-bond donors (Lipinski definition) is 6. The molecule has 36 heteroatoms. The Morgan fingerprint density at radius 1 is 0.478 bits per heavy atom. The zero-order chi connectivity index (χ0) is 99.3. The first kappa shape index (κ1) is 109. The number of pyridine rings is 6. The number of anilines is 1. The number of hydrogen-bond acceptors (Lipinski definition) is 21. The molecule has 0 saturated carbocycles. The predicted octanol–water partition coefficient (Wildman–Crippen LogP) is 13.5. The number of allylic oxidation sites excluding steroid dienone is 6. The van der Waals surface area contributed by atoms with E-state index in [1.165, 1.54) is 57.3 Å². The Morgan fingerprint density at radius 2 is 0.828 bits per heavy atom. The van der Waals surface area contributed by atoms with Crippen molar-refractivity contribution in [1.82, 2.24) is 73.4 Å². The number of carbonyl (C=O) groups excluding carboxylic acids is 8. The number of likely N-dealkylation sites (N-methyl/N-ethyl adjacent to an activating group) is 3. The maximum atomic E-state index is 13.7. The van der Waals surface area contributed by atoms with Crippen molar-refractivity contribution in [2.24, 2.45) is 0 Å². The number of Topliss-reactive ketones (excluding diaryl/α,β-unsaturated/α-hetero) is 2. The van der Waals surface area contributed by atoms with Gasteiger partial charge in [-0.1, -0.05) is 105 Å². The van der Waals surface area contributed by atoms with E-state index < -0.39 is 58.5 Å². The van der Waals surface area contributed by atoms with E-state index in [1.54, 1.807) is 137 Å². The number of aromatic nitrogens is 9. The van der Waals surface area contributed by atoms with Gasteiger partial charge in [-0.3, -0.25) is 53.3 Å². The van der Waals surface area contributed by atoms with Crippen molar-refractivity contribution in [3.8, 4) is 0 Å². The third kappa shape index (κ3) is 35.9. The number of carboxylic acids is 1. The number of nitrogens with one attached hydrogen (secondary N) is 4. The third-order valence-corrected chi connectivity index (χ3v) is 24.1. The molecule has 0 aliphatic carbocycles. The number of aromatic amines is 1. The molecule has 0 spiro atoms. The fourth-order valence-electron chi connectivity index (χ4n) is 13.4. The summed E-state index contributed by atoms with van der Waals surface area (Å²) < 4.78 is 34.9. The summed E-state index contributed by atoms with van der Waals surface area (Å²) in [6.07, 6.45) is 25.0. The van der Waals surface area contributed by atoms with Gasteiger partial charge in [-0.25, -0.2) is 19.2 Å². The number of aliphatic carboxylic acids is 1. The van der Waals surface area contributed by atoms with Crippen molar-refractivity contribution in [3.63, 3.8) is 0 Å². The fraction of sp³-hybridized carbons (Fsp3) is 0.418. The summed E-state index contributed by atoms with van der Waals surface area (Å²) in [5, 5.41) is 16.1.